The second-order valence-electron chi connectivity index (χ2n) is 8.47. The predicted octanol–water partition coefficient (Wildman–Crippen LogP) is 3.80. The average Bonchev–Trinajstić information content (AvgIpc) is 3.36. The molecule has 0 radical (unpaired) electrons. The molecular weight excluding hydrogens is 514 g/mol. The predicted molar refractivity (Wildman–Crippen MR) is 136 cm³/mol. The van der Waals surface area contributed by atoms with Crippen molar-refractivity contribution in [2.75, 3.05) is 40.5 Å². The number of carbonyl (C=O) groups excluding carboxylic acids is 1. The summed E-state index contributed by atoms with van der Waals surface area (Å²) in [5.41, 5.74) is 8.88. The molecule has 0 unspecified atom stereocenters. The molecular formula is C26H24ClN5O6. The number of carbonyl (C=O) groups is 1. The maximum Gasteiger partial charge on any atom is 0.415 e. The highest BCUT2D eigenvalue weighted by atomic mass is 35.5. The van der Waals surface area contributed by atoms with E-state index in [4.69, 9.17) is 41.0 Å². The molecule has 2 aromatic carbocycles. The number of hydrogen-bond acceptors (Lipinski definition) is 9. The van der Waals surface area contributed by atoms with Gasteiger partial charge in [0, 0.05) is 18.7 Å². The molecule has 0 saturated carbocycles. The van der Waals surface area contributed by atoms with Crippen molar-refractivity contribution in [2.24, 2.45) is 5.73 Å². The molecule has 3 aromatic rings. The van der Waals surface area contributed by atoms with E-state index >= 15 is 0 Å². The Hall–Kier alpha value is -4.40. The van der Waals surface area contributed by atoms with Gasteiger partial charge in [-0.1, -0.05) is 11.6 Å². The lowest BCUT2D eigenvalue weighted by molar-refractivity contribution is 0.0413. The number of ether oxygens (including phenoxy) is 5. The summed E-state index contributed by atoms with van der Waals surface area (Å²) in [5.74, 6) is 0.434. The van der Waals surface area contributed by atoms with Crippen LogP contribution >= 0.6 is 11.6 Å². The van der Waals surface area contributed by atoms with Gasteiger partial charge in [0.25, 0.3) is 0 Å². The van der Waals surface area contributed by atoms with Crippen molar-refractivity contribution < 1.29 is 28.5 Å². The fraction of sp³-hybridized carbons (Fsp3) is 0.269. The zero-order valence-electron chi connectivity index (χ0n) is 20.6. The Balaban J connectivity index is 1.58. The highest BCUT2D eigenvalue weighted by molar-refractivity contribution is 6.32. The number of nitrogens with one attached hydrogen (secondary N) is 1. The van der Waals surface area contributed by atoms with Crippen molar-refractivity contribution in [3.05, 3.63) is 64.0 Å². The van der Waals surface area contributed by atoms with Crippen molar-refractivity contribution in [1.29, 1.82) is 5.26 Å². The van der Waals surface area contributed by atoms with Crippen LogP contribution in [-0.2, 0) is 4.74 Å². The van der Waals surface area contributed by atoms with Crippen LogP contribution in [0.25, 0.3) is 11.3 Å². The van der Waals surface area contributed by atoms with Crippen LogP contribution in [0, 0.1) is 11.3 Å². The lowest BCUT2D eigenvalue weighted by Gasteiger charge is -2.27. The number of nitrogens with zero attached hydrogens (tertiary/aromatic N) is 3. The smallest absolute Gasteiger partial charge is 0.415 e. The van der Waals surface area contributed by atoms with Gasteiger partial charge in [0.1, 0.15) is 17.4 Å². The Kier molecular flexibility index (Phi) is 7.00. The molecule has 0 aliphatic carbocycles. The minimum atomic E-state index is -0.699. The Labute approximate surface area is 223 Å². The number of benzene rings is 2. The van der Waals surface area contributed by atoms with Crippen molar-refractivity contribution in [3.8, 4) is 40.5 Å². The molecule has 3 heterocycles. The van der Waals surface area contributed by atoms with Crippen LogP contribution in [0.1, 0.15) is 17.0 Å². The van der Waals surface area contributed by atoms with E-state index < -0.39 is 12.0 Å². The maximum atomic E-state index is 12.7. The van der Waals surface area contributed by atoms with E-state index in [1.54, 1.807) is 19.2 Å². The summed E-state index contributed by atoms with van der Waals surface area (Å²) in [6.07, 6.45) is -0.562. The third-order valence-electron chi connectivity index (χ3n) is 6.36. The molecule has 1 atom stereocenters. The third-order valence-corrected chi connectivity index (χ3v) is 6.64. The molecule has 3 N–H and O–H groups in total. The molecule has 5 rings (SSSR count). The highest BCUT2D eigenvalue weighted by Gasteiger charge is 2.37. The summed E-state index contributed by atoms with van der Waals surface area (Å²) < 4.78 is 27.4. The molecule has 2 aliphatic rings. The number of allylic oxidation sites excluding steroid dienone is 1. The average molecular weight is 538 g/mol. The lowest BCUT2D eigenvalue weighted by atomic mass is 9.83. The van der Waals surface area contributed by atoms with Gasteiger partial charge >= 0.3 is 6.09 Å². The number of aromatic amines is 1. The number of amides is 1. The molecule has 38 heavy (non-hydrogen) atoms. The summed E-state index contributed by atoms with van der Waals surface area (Å²) in [6, 6.07) is 12.8. The lowest BCUT2D eigenvalue weighted by Crippen LogP contribution is -2.42. The number of halogens is 1. The van der Waals surface area contributed by atoms with Crippen molar-refractivity contribution in [1.82, 2.24) is 15.1 Å². The normalized spacial score (nSPS) is 16.8. The molecule has 1 fully saturated rings. The first-order chi connectivity index (χ1) is 18.4. The summed E-state index contributed by atoms with van der Waals surface area (Å²) in [5, 5.41) is 17.4. The van der Waals surface area contributed by atoms with Crippen LogP contribution in [0.5, 0.6) is 23.1 Å². The Morgan fingerprint density at radius 1 is 1.21 bits per heavy atom. The van der Waals surface area contributed by atoms with Crippen molar-refractivity contribution in [2.45, 2.75) is 5.92 Å². The molecule has 2 aliphatic heterocycles. The van der Waals surface area contributed by atoms with Crippen LogP contribution in [0.15, 0.2) is 47.9 Å². The Morgan fingerprint density at radius 2 is 1.95 bits per heavy atom. The van der Waals surface area contributed by atoms with Crippen LogP contribution in [0.2, 0.25) is 5.02 Å². The van der Waals surface area contributed by atoms with Gasteiger partial charge < -0.3 is 34.3 Å². The van der Waals surface area contributed by atoms with E-state index in [1.165, 1.54) is 12.0 Å². The van der Waals surface area contributed by atoms with Gasteiger partial charge in [0.2, 0.25) is 11.8 Å². The van der Waals surface area contributed by atoms with Gasteiger partial charge in [0.15, 0.2) is 11.5 Å². The monoisotopic (exact) mass is 537 g/mol. The molecule has 196 valence electrons. The van der Waals surface area contributed by atoms with Gasteiger partial charge in [-0.05, 0) is 42.0 Å². The Morgan fingerprint density at radius 3 is 2.61 bits per heavy atom. The van der Waals surface area contributed by atoms with Crippen molar-refractivity contribution in [3.63, 3.8) is 0 Å². The van der Waals surface area contributed by atoms with Crippen LogP contribution in [-0.4, -0.2) is 61.7 Å². The first-order valence-corrected chi connectivity index (χ1v) is 12.0. The molecule has 0 bridgehead atoms. The number of H-pyrrole nitrogens is 1. The molecule has 1 saturated heterocycles. The maximum absolute atomic E-state index is 12.7. The van der Waals surface area contributed by atoms with E-state index in [9.17, 15) is 10.1 Å². The van der Waals surface area contributed by atoms with Gasteiger partial charge in [-0.25, -0.2) is 4.79 Å². The summed E-state index contributed by atoms with van der Waals surface area (Å²) in [7, 11) is 3.02. The van der Waals surface area contributed by atoms with Gasteiger partial charge in [0.05, 0.1) is 49.6 Å². The highest BCUT2D eigenvalue weighted by Crippen LogP contribution is 2.48. The number of hydrogen-bond donors (Lipinski definition) is 2. The molecule has 12 heteroatoms. The quantitative estimate of drug-likeness (QED) is 0.496. The van der Waals surface area contributed by atoms with Gasteiger partial charge in [-0.3, -0.25) is 5.10 Å². The van der Waals surface area contributed by atoms with E-state index in [2.05, 4.69) is 16.3 Å². The second-order valence-corrected chi connectivity index (χ2v) is 8.88. The number of nitrogens with two attached hydrogens (primary N) is 1. The standard InChI is InChI=1S/C26H24ClN5O6/c1-34-16-5-3-14(4-6-16)22-21-20(17(13-28)24(29)38-25(21)31-30-22)15-11-18(27)23(19(12-15)35-2)37-26(33)32-7-9-36-10-8-32/h3-6,11-12,20H,7-10,29H2,1-2H3,(H,30,31)/t20-/m0/s1. The minimum Gasteiger partial charge on any atom is -0.497 e. The van der Waals surface area contributed by atoms with E-state index in [0.717, 1.165) is 5.56 Å². The summed E-state index contributed by atoms with van der Waals surface area (Å²) in [6.45, 7) is 1.67. The second kappa shape index (κ2) is 10.5. The number of methoxy groups -OCH3 is 2. The third kappa shape index (κ3) is 4.55. The zero-order valence-corrected chi connectivity index (χ0v) is 21.4. The summed E-state index contributed by atoms with van der Waals surface area (Å²) >= 11 is 6.63. The van der Waals surface area contributed by atoms with Crippen LogP contribution in [0.4, 0.5) is 4.79 Å². The number of fused-ring (bicyclic) bond motifs is 1. The zero-order chi connectivity index (χ0) is 26.8. The largest absolute Gasteiger partial charge is 0.497 e. The van der Waals surface area contributed by atoms with Gasteiger partial charge in [-0.15, -0.1) is 5.10 Å². The number of aromatic nitrogens is 2. The molecule has 1 aromatic heterocycles. The van der Waals surface area contributed by atoms with Crippen LogP contribution < -0.4 is 24.7 Å². The topological polar surface area (TPSA) is 145 Å². The van der Waals surface area contributed by atoms with Crippen LogP contribution in [0.3, 0.4) is 0 Å². The van der Waals surface area contributed by atoms with E-state index in [-0.39, 0.29) is 33.9 Å². The number of rotatable bonds is 5. The van der Waals surface area contributed by atoms with Crippen molar-refractivity contribution >= 4 is 17.7 Å². The first kappa shape index (κ1) is 25.3. The Bertz CT molecular complexity index is 1440. The number of nitriles is 1. The fourth-order valence-electron chi connectivity index (χ4n) is 4.46. The minimum absolute atomic E-state index is 0.0692. The molecule has 1 amide bonds. The fourth-order valence-corrected chi connectivity index (χ4v) is 4.72. The SMILES string of the molecule is COc1ccc(-c2[nH]nc3c2[C@@H](c2cc(Cl)c(OC(=O)N4CCOCC4)c(OC)c2)C(C#N)=C(N)O3)cc1. The molecule has 11 nitrogen and oxygen atoms in total. The number of morpholine rings is 1. The first-order valence-electron chi connectivity index (χ1n) is 11.7. The van der Waals surface area contributed by atoms with Gasteiger partial charge in [-0.2, -0.15) is 5.26 Å². The van der Waals surface area contributed by atoms with E-state index in [1.807, 2.05) is 24.3 Å². The molecule has 0 spiro atoms. The summed E-state index contributed by atoms with van der Waals surface area (Å²) in [4.78, 5) is 14.3. The van der Waals surface area contributed by atoms with E-state index in [0.29, 0.717) is 48.9 Å².